The highest BCUT2D eigenvalue weighted by atomic mass is 16.0. The molecule has 2 nitrogen and oxygen atoms in total. The Balaban J connectivity index is 0.00000196. The number of hydrogen-bond donors (Lipinski definition) is 0. The third-order valence-corrected chi connectivity index (χ3v) is 2.78. The maximum Gasteiger partial charge on any atom is 0.132 e. The van der Waals surface area contributed by atoms with Gasteiger partial charge in [0.1, 0.15) is 5.69 Å². The first-order valence-electron chi connectivity index (χ1n) is 5.55. The fraction of sp³-hybridized carbons (Fsp3) is 0.538. The summed E-state index contributed by atoms with van der Waals surface area (Å²) in [7, 11) is 4.57. The Kier molecular flexibility index (Phi) is 6.21. The smallest absolute Gasteiger partial charge is 0.132 e. The van der Waals surface area contributed by atoms with Crippen molar-refractivity contribution in [1.82, 2.24) is 4.48 Å². The molecule has 0 saturated heterocycles. The summed E-state index contributed by atoms with van der Waals surface area (Å²) in [6.45, 7) is 3.49. The van der Waals surface area contributed by atoms with Gasteiger partial charge in [-0.25, -0.2) is 0 Å². The van der Waals surface area contributed by atoms with Crippen LogP contribution in [0.5, 0.6) is 0 Å². The van der Waals surface area contributed by atoms with E-state index in [1.165, 1.54) is 31.5 Å². The van der Waals surface area contributed by atoms with Gasteiger partial charge in [0, 0.05) is 0 Å². The zero-order valence-electron chi connectivity index (χ0n) is 10.1. The van der Waals surface area contributed by atoms with Crippen LogP contribution in [-0.4, -0.2) is 26.1 Å². The van der Waals surface area contributed by atoms with Gasteiger partial charge in [-0.1, -0.05) is 31.5 Å². The Hall–Kier alpha value is -0.860. The Morgan fingerprint density at radius 3 is 2.13 bits per heavy atom. The lowest BCUT2D eigenvalue weighted by molar-refractivity contribution is 0.384. The lowest BCUT2D eigenvalue weighted by Gasteiger charge is -2.29. The molecule has 1 aromatic carbocycles. The average molecular weight is 209 g/mol. The molecule has 0 unspecified atom stereocenters. The number of nitrogens with zero attached hydrogens (tertiary/aromatic N) is 1. The quantitative estimate of drug-likeness (QED) is 0.540. The standard InChI is InChI=1S/C13H22N.H2O/c1-4-5-9-12-14(2,3)13-10-7-6-8-11-13;/h6-8,10-11H,4-5,9,12H2,1-3H3;1H2/q+1;/p-1. The summed E-state index contributed by atoms with van der Waals surface area (Å²) in [5.74, 6) is 0. The van der Waals surface area contributed by atoms with Gasteiger partial charge < -0.3 is 5.48 Å². The van der Waals surface area contributed by atoms with Gasteiger partial charge in [0.2, 0.25) is 0 Å². The van der Waals surface area contributed by atoms with E-state index in [0.717, 1.165) is 4.48 Å². The monoisotopic (exact) mass is 209 g/mol. The van der Waals surface area contributed by atoms with E-state index in [4.69, 9.17) is 0 Å². The number of quaternary nitrogens is 1. The van der Waals surface area contributed by atoms with Crippen LogP contribution in [0.2, 0.25) is 0 Å². The van der Waals surface area contributed by atoms with Crippen LogP contribution in [-0.2, 0) is 0 Å². The van der Waals surface area contributed by atoms with Crippen molar-refractivity contribution in [3.8, 4) is 0 Å². The molecule has 0 heterocycles. The predicted molar refractivity (Wildman–Crippen MR) is 66.4 cm³/mol. The summed E-state index contributed by atoms with van der Waals surface area (Å²) < 4.78 is 1.00. The van der Waals surface area contributed by atoms with Crippen molar-refractivity contribution in [2.75, 3.05) is 20.6 Å². The van der Waals surface area contributed by atoms with Crippen LogP contribution >= 0.6 is 0 Å². The Morgan fingerprint density at radius 1 is 1.00 bits per heavy atom. The topological polar surface area (TPSA) is 30.0 Å². The number of benzene rings is 1. The first-order chi connectivity index (χ1) is 6.67. The van der Waals surface area contributed by atoms with Crippen molar-refractivity contribution < 1.29 is 5.48 Å². The van der Waals surface area contributed by atoms with Gasteiger partial charge in [0.05, 0.1) is 20.6 Å². The Bertz CT molecular complexity index is 256. The molecule has 0 radical (unpaired) electrons. The summed E-state index contributed by atoms with van der Waals surface area (Å²) in [6.07, 6.45) is 3.96. The molecular weight excluding hydrogens is 186 g/mol. The highest BCUT2D eigenvalue weighted by Gasteiger charge is 2.16. The lowest BCUT2D eigenvalue weighted by Crippen LogP contribution is -2.41. The molecule has 86 valence electrons. The maximum absolute atomic E-state index is 2.28. The third kappa shape index (κ3) is 4.45. The SMILES string of the molecule is CCCCC[N+](C)(C)c1ccccc1.[OH-]. The largest absolute Gasteiger partial charge is 0.870 e. The Labute approximate surface area is 93.4 Å². The lowest BCUT2D eigenvalue weighted by atomic mass is 10.2. The number of para-hydroxylation sites is 1. The van der Waals surface area contributed by atoms with E-state index in [1.807, 2.05) is 0 Å². The van der Waals surface area contributed by atoms with Crippen LogP contribution in [0.25, 0.3) is 0 Å². The molecule has 0 aromatic heterocycles. The minimum absolute atomic E-state index is 0. The van der Waals surface area contributed by atoms with Gasteiger partial charge in [-0.15, -0.1) is 0 Å². The van der Waals surface area contributed by atoms with Gasteiger partial charge >= 0.3 is 0 Å². The average Bonchev–Trinajstić information content (AvgIpc) is 2.19. The van der Waals surface area contributed by atoms with E-state index in [9.17, 15) is 0 Å². The molecule has 0 bridgehead atoms. The van der Waals surface area contributed by atoms with Crippen LogP contribution in [0.4, 0.5) is 5.69 Å². The minimum atomic E-state index is 0. The molecule has 1 aromatic rings. The second-order valence-corrected chi connectivity index (χ2v) is 4.45. The van der Waals surface area contributed by atoms with Gasteiger partial charge in [-0.3, -0.25) is 4.48 Å². The first kappa shape index (κ1) is 14.1. The van der Waals surface area contributed by atoms with Gasteiger partial charge in [-0.05, 0) is 25.0 Å². The van der Waals surface area contributed by atoms with Gasteiger partial charge in [0.15, 0.2) is 0 Å². The third-order valence-electron chi connectivity index (χ3n) is 2.78. The summed E-state index contributed by atoms with van der Waals surface area (Å²) >= 11 is 0. The number of unbranched alkanes of at least 4 members (excludes halogenated alkanes) is 2. The van der Waals surface area contributed by atoms with Gasteiger partial charge in [-0.2, -0.15) is 0 Å². The molecule has 0 aliphatic rings. The second-order valence-electron chi connectivity index (χ2n) is 4.45. The normalized spacial score (nSPS) is 10.9. The van der Waals surface area contributed by atoms with Crippen molar-refractivity contribution in [3.63, 3.8) is 0 Å². The minimum Gasteiger partial charge on any atom is -0.870 e. The van der Waals surface area contributed by atoms with Crippen LogP contribution in [0.1, 0.15) is 26.2 Å². The van der Waals surface area contributed by atoms with Crippen molar-refractivity contribution >= 4 is 5.69 Å². The number of rotatable bonds is 5. The van der Waals surface area contributed by atoms with Crippen molar-refractivity contribution in [3.05, 3.63) is 30.3 Å². The summed E-state index contributed by atoms with van der Waals surface area (Å²) in [6, 6.07) is 10.7. The van der Waals surface area contributed by atoms with Crippen LogP contribution < -0.4 is 4.48 Å². The molecule has 0 fully saturated rings. The molecule has 1 N–H and O–H groups in total. The van der Waals surface area contributed by atoms with Crippen LogP contribution in [0.15, 0.2) is 30.3 Å². The predicted octanol–water partition coefficient (Wildman–Crippen LogP) is 3.27. The highest BCUT2D eigenvalue weighted by Crippen LogP contribution is 2.18. The first-order valence-corrected chi connectivity index (χ1v) is 5.55. The van der Waals surface area contributed by atoms with Crippen molar-refractivity contribution in [2.24, 2.45) is 0 Å². The molecule has 1 rings (SSSR count). The Morgan fingerprint density at radius 2 is 1.60 bits per heavy atom. The zero-order valence-corrected chi connectivity index (χ0v) is 10.1. The molecule has 0 aliphatic carbocycles. The summed E-state index contributed by atoms with van der Waals surface area (Å²) in [5, 5.41) is 0. The zero-order chi connectivity index (χ0) is 10.4. The number of hydrogen-bond acceptors (Lipinski definition) is 1. The van der Waals surface area contributed by atoms with E-state index in [2.05, 4.69) is 51.4 Å². The molecule has 15 heavy (non-hydrogen) atoms. The van der Waals surface area contributed by atoms with Crippen molar-refractivity contribution in [1.29, 1.82) is 0 Å². The molecule has 0 aliphatic heterocycles. The molecular formula is C13H23NO. The molecule has 0 amide bonds. The molecule has 0 saturated carbocycles. The van der Waals surface area contributed by atoms with Crippen LogP contribution in [0.3, 0.4) is 0 Å². The maximum atomic E-state index is 2.28. The van der Waals surface area contributed by atoms with E-state index in [1.54, 1.807) is 0 Å². The van der Waals surface area contributed by atoms with Crippen LogP contribution in [0, 0.1) is 0 Å². The highest BCUT2D eigenvalue weighted by molar-refractivity contribution is 5.40. The summed E-state index contributed by atoms with van der Waals surface area (Å²) in [5.41, 5.74) is 1.41. The van der Waals surface area contributed by atoms with E-state index >= 15 is 0 Å². The molecule has 0 spiro atoms. The van der Waals surface area contributed by atoms with E-state index < -0.39 is 0 Å². The summed E-state index contributed by atoms with van der Waals surface area (Å²) in [4.78, 5) is 0. The second kappa shape index (κ2) is 6.59. The fourth-order valence-electron chi connectivity index (χ4n) is 1.72. The van der Waals surface area contributed by atoms with E-state index in [0.29, 0.717) is 0 Å². The molecule has 0 atom stereocenters. The molecule has 2 heteroatoms. The fourth-order valence-corrected chi connectivity index (χ4v) is 1.72. The van der Waals surface area contributed by atoms with E-state index in [-0.39, 0.29) is 5.48 Å². The van der Waals surface area contributed by atoms with Crippen molar-refractivity contribution in [2.45, 2.75) is 26.2 Å². The van der Waals surface area contributed by atoms with Gasteiger partial charge in [0.25, 0.3) is 0 Å².